The number of aromatic nitrogens is 3. The summed E-state index contributed by atoms with van der Waals surface area (Å²) in [6, 6.07) is 27.7. The molecule has 2 heterocycles. The van der Waals surface area contributed by atoms with E-state index in [0.29, 0.717) is 22.7 Å². The zero-order valence-electron chi connectivity index (χ0n) is 21.7. The Morgan fingerprint density at radius 1 is 0.975 bits per heavy atom. The SMILES string of the molecule is Cn1cncc1C(OCc1cn(Cc2ccc(C#N)cc2)c(=O)cc1-c1cccc(Cl)c1)c1ccc(C#N)cc1. The average molecular weight is 546 g/mol. The van der Waals surface area contributed by atoms with Gasteiger partial charge in [0.2, 0.25) is 0 Å². The van der Waals surface area contributed by atoms with Gasteiger partial charge < -0.3 is 13.9 Å². The van der Waals surface area contributed by atoms with Crippen LogP contribution in [0.3, 0.4) is 0 Å². The molecule has 0 bridgehead atoms. The number of hydrogen-bond donors (Lipinski definition) is 0. The molecule has 1 unspecified atom stereocenters. The Kier molecular flexibility index (Phi) is 7.89. The Bertz CT molecular complexity index is 1790. The maximum atomic E-state index is 13.2. The minimum Gasteiger partial charge on any atom is -0.362 e. The van der Waals surface area contributed by atoms with Crippen LogP contribution in [0.1, 0.15) is 39.6 Å². The average Bonchev–Trinajstić information content (AvgIpc) is 3.40. The van der Waals surface area contributed by atoms with Crippen molar-refractivity contribution in [3.8, 4) is 23.3 Å². The molecule has 0 fully saturated rings. The molecule has 0 saturated heterocycles. The Hall–Kier alpha value is -4.95. The van der Waals surface area contributed by atoms with Gasteiger partial charge in [-0.1, -0.05) is 48.0 Å². The summed E-state index contributed by atoms with van der Waals surface area (Å²) in [5.41, 5.74) is 5.91. The lowest BCUT2D eigenvalue weighted by Crippen LogP contribution is -2.21. The van der Waals surface area contributed by atoms with Crippen LogP contribution < -0.4 is 5.56 Å². The number of halogens is 1. The van der Waals surface area contributed by atoms with Crippen LogP contribution in [0.5, 0.6) is 0 Å². The van der Waals surface area contributed by atoms with E-state index in [1.165, 1.54) is 0 Å². The van der Waals surface area contributed by atoms with Gasteiger partial charge >= 0.3 is 0 Å². The standard InChI is InChI=1S/C32H24ClN5O2/c1-37-21-36-17-30(37)32(25-11-9-23(16-35)10-12-25)40-20-27-19-38(18-24-7-5-22(15-34)6-8-24)31(39)14-29(27)26-3-2-4-28(33)13-26/h2-14,17,19,21,32H,18,20H2,1H3. The first-order valence-corrected chi connectivity index (χ1v) is 12.9. The molecule has 1 atom stereocenters. The van der Waals surface area contributed by atoms with Crippen LogP contribution >= 0.6 is 11.6 Å². The topological polar surface area (TPSA) is 96.6 Å². The lowest BCUT2D eigenvalue weighted by Gasteiger charge is -2.21. The van der Waals surface area contributed by atoms with Crippen molar-refractivity contribution in [2.75, 3.05) is 0 Å². The van der Waals surface area contributed by atoms with Gasteiger partial charge in [-0.3, -0.25) is 4.79 Å². The van der Waals surface area contributed by atoms with Gasteiger partial charge in [0, 0.05) is 29.9 Å². The molecule has 0 saturated carbocycles. The molecular formula is C32H24ClN5O2. The molecule has 40 heavy (non-hydrogen) atoms. The summed E-state index contributed by atoms with van der Waals surface area (Å²) < 4.78 is 10.1. The van der Waals surface area contributed by atoms with E-state index in [4.69, 9.17) is 21.6 Å². The third-order valence-corrected chi connectivity index (χ3v) is 6.89. The van der Waals surface area contributed by atoms with Crippen LogP contribution in [0.4, 0.5) is 0 Å². The number of benzene rings is 3. The molecule has 0 aliphatic heterocycles. The van der Waals surface area contributed by atoms with Crippen molar-refractivity contribution in [1.29, 1.82) is 10.5 Å². The zero-order chi connectivity index (χ0) is 28.1. The molecular weight excluding hydrogens is 522 g/mol. The number of nitrogens with zero attached hydrogens (tertiary/aromatic N) is 5. The first kappa shape index (κ1) is 26.6. The second-order valence-electron chi connectivity index (χ2n) is 9.35. The van der Waals surface area contributed by atoms with Crippen molar-refractivity contribution in [2.24, 2.45) is 7.05 Å². The Labute approximate surface area is 236 Å². The smallest absolute Gasteiger partial charge is 0.251 e. The van der Waals surface area contributed by atoms with E-state index in [-0.39, 0.29) is 12.2 Å². The van der Waals surface area contributed by atoms with E-state index in [1.54, 1.807) is 53.5 Å². The second-order valence-corrected chi connectivity index (χ2v) is 9.79. The first-order chi connectivity index (χ1) is 19.4. The highest BCUT2D eigenvalue weighted by Gasteiger charge is 2.20. The number of hydrogen-bond acceptors (Lipinski definition) is 5. The first-order valence-electron chi connectivity index (χ1n) is 12.5. The summed E-state index contributed by atoms with van der Waals surface area (Å²) in [5, 5.41) is 18.9. The molecule has 0 amide bonds. The van der Waals surface area contributed by atoms with Crippen LogP contribution in [0.25, 0.3) is 11.1 Å². The summed E-state index contributed by atoms with van der Waals surface area (Å²) in [6.45, 7) is 0.527. The minimum absolute atomic E-state index is 0.168. The predicted octanol–water partition coefficient (Wildman–Crippen LogP) is 6.00. The summed E-state index contributed by atoms with van der Waals surface area (Å²) >= 11 is 6.30. The van der Waals surface area contributed by atoms with Gasteiger partial charge in [0.1, 0.15) is 6.10 Å². The molecule has 0 spiro atoms. The highest BCUT2D eigenvalue weighted by Crippen LogP contribution is 2.30. The van der Waals surface area contributed by atoms with E-state index in [0.717, 1.165) is 33.5 Å². The van der Waals surface area contributed by atoms with Gasteiger partial charge in [0.15, 0.2) is 0 Å². The van der Waals surface area contributed by atoms with Crippen molar-refractivity contribution in [1.82, 2.24) is 14.1 Å². The van der Waals surface area contributed by atoms with E-state index >= 15 is 0 Å². The summed E-state index contributed by atoms with van der Waals surface area (Å²) in [4.78, 5) is 17.5. The molecule has 7 nitrogen and oxygen atoms in total. The molecule has 5 aromatic rings. The molecule has 0 aliphatic carbocycles. The van der Waals surface area contributed by atoms with Crippen molar-refractivity contribution >= 4 is 11.6 Å². The lowest BCUT2D eigenvalue weighted by atomic mass is 10.0. The van der Waals surface area contributed by atoms with Gasteiger partial charge in [-0.05, 0) is 58.7 Å². The minimum atomic E-state index is -0.466. The number of imidazole rings is 1. The second kappa shape index (κ2) is 11.8. The van der Waals surface area contributed by atoms with E-state index < -0.39 is 6.10 Å². The molecule has 196 valence electrons. The molecule has 0 radical (unpaired) electrons. The van der Waals surface area contributed by atoms with Crippen molar-refractivity contribution in [3.05, 3.63) is 146 Å². The predicted molar refractivity (Wildman–Crippen MR) is 152 cm³/mol. The maximum absolute atomic E-state index is 13.2. The quantitative estimate of drug-likeness (QED) is 0.238. The van der Waals surface area contributed by atoms with Gasteiger partial charge in [-0.15, -0.1) is 0 Å². The molecule has 2 aromatic heterocycles. The third kappa shape index (κ3) is 5.87. The van der Waals surface area contributed by atoms with Crippen molar-refractivity contribution < 1.29 is 4.74 Å². The Morgan fingerprint density at radius 2 is 1.68 bits per heavy atom. The molecule has 0 aliphatic rings. The van der Waals surface area contributed by atoms with Crippen LogP contribution in [-0.4, -0.2) is 14.1 Å². The van der Waals surface area contributed by atoms with Gasteiger partial charge in [0.25, 0.3) is 5.56 Å². The number of rotatable bonds is 8. The number of pyridine rings is 1. The summed E-state index contributed by atoms with van der Waals surface area (Å²) in [6.07, 6.45) is 4.82. The monoisotopic (exact) mass is 545 g/mol. The Balaban J connectivity index is 1.54. The summed E-state index contributed by atoms with van der Waals surface area (Å²) in [5.74, 6) is 0. The fraction of sp³-hybridized carbons (Fsp3) is 0.125. The van der Waals surface area contributed by atoms with Crippen LogP contribution in [0, 0.1) is 22.7 Å². The highest BCUT2D eigenvalue weighted by atomic mass is 35.5. The normalized spacial score (nSPS) is 11.5. The van der Waals surface area contributed by atoms with Crippen LogP contribution in [0.2, 0.25) is 5.02 Å². The molecule has 0 N–H and O–H groups in total. The van der Waals surface area contributed by atoms with E-state index in [1.807, 2.05) is 60.3 Å². The molecule has 3 aromatic carbocycles. The van der Waals surface area contributed by atoms with Gasteiger partial charge in [-0.2, -0.15) is 10.5 Å². The van der Waals surface area contributed by atoms with E-state index in [2.05, 4.69) is 17.1 Å². The Morgan fingerprint density at radius 3 is 2.30 bits per heavy atom. The number of aryl methyl sites for hydroxylation is 1. The molecule has 8 heteroatoms. The fourth-order valence-electron chi connectivity index (χ4n) is 4.54. The van der Waals surface area contributed by atoms with Gasteiger partial charge in [0.05, 0.1) is 54.6 Å². The van der Waals surface area contributed by atoms with Crippen molar-refractivity contribution in [3.63, 3.8) is 0 Å². The third-order valence-electron chi connectivity index (χ3n) is 6.65. The van der Waals surface area contributed by atoms with Gasteiger partial charge in [-0.25, -0.2) is 4.98 Å². The lowest BCUT2D eigenvalue weighted by molar-refractivity contribution is 0.0621. The maximum Gasteiger partial charge on any atom is 0.251 e. The number of nitriles is 2. The van der Waals surface area contributed by atoms with Crippen LogP contribution in [-0.2, 0) is 24.9 Å². The van der Waals surface area contributed by atoms with Crippen LogP contribution in [0.15, 0.2) is 102 Å². The molecule has 5 rings (SSSR count). The van der Waals surface area contributed by atoms with E-state index in [9.17, 15) is 10.1 Å². The van der Waals surface area contributed by atoms with Crippen molar-refractivity contribution in [2.45, 2.75) is 19.3 Å². The summed E-state index contributed by atoms with van der Waals surface area (Å²) in [7, 11) is 1.90. The number of ether oxygens (including phenoxy) is 1. The largest absolute Gasteiger partial charge is 0.362 e. The highest BCUT2D eigenvalue weighted by molar-refractivity contribution is 6.30. The fourth-order valence-corrected chi connectivity index (χ4v) is 4.73. The zero-order valence-corrected chi connectivity index (χ0v) is 22.4.